The van der Waals surface area contributed by atoms with Crippen LogP contribution >= 0.6 is 22.6 Å². The van der Waals surface area contributed by atoms with Crippen LogP contribution in [0.4, 0.5) is 10.1 Å². The first-order chi connectivity index (χ1) is 7.61. The topological polar surface area (TPSA) is 46.3 Å². The minimum Gasteiger partial charge on any atom is -0.330 e. The van der Waals surface area contributed by atoms with Crippen molar-refractivity contribution in [1.29, 1.82) is 0 Å². The summed E-state index contributed by atoms with van der Waals surface area (Å²) in [6, 6.07) is 4.84. The third kappa shape index (κ3) is 2.20. The molecule has 0 aliphatic carbocycles. The first kappa shape index (κ1) is 11.8. The molecule has 3 nitrogen and oxygen atoms in total. The van der Waals surface area contributed by atoms with Gasteiger partial charge in [-0.25, -0.2) is 4.39 Å². The second-order valence-electron chi connectivity index (χ2n) is 3.91. The van der Waals surface area contributed by atoms with Crippen molar-refractivity contribution in [2.24, 2.45) is 11.7 Å². The van der Waals surface area contributed by atoms with Gasteiger partial charge in [-0.3, -0.25) is 4.79 Å². The molecule has 0 bridgehead atoms. The van der Waals surface area contributed by atoms with Crippen LogP contribution in [-0.2, 0) is 4.79 Å². The Hall–Kier alpha value is -0.690. The van der Waals surface area contributed by atoms with E-state index in [0.717, 1.165) is 0 Å². The zero-order valence-electron chi connectivity index (χ0n) is 8.62. The lowest BCUT2D eigenvalue weighted by atomic mass is 10.1. The molecule has 1 atom stereocenters. The SMILES string of the molecule is NCC1CC(=O)N(c2ccc(I)c(F)c2)C1. The van der Waals surface area contributed by atoms with Gasteiger partial charge in [0.05, 0.1) is 0 Å². The standard InChI is InChI=1S/C11H12FIN2O/c12-9-4-8(1-2-10(9)13)15-6-7(5-14)3-11(15)16/h1-2,4,7H,3,5-6,14H2. The molecule has 1 aromatic rings. The second-order valence-corrected chi connectivity index (χ2v) is 5.07. The van der Waals surface area contributed by atoms with Gasteiger partial charge in [0.25, 0.3) is 0 Å². The molecular weight excluding hydrogens is 322 g/mol. The maximum atomic E-state index is 13.4. The molecule has 1 aromatic carbocycles. The number of benzene rings is 1. The highest BCUT2D eigenvalue weighted by Crippen LogP contribution is 2.26. The van der Waals surface area contributed by atoms with E-state index in [2.05, 4.69) is 0 Å². The maximum absolute atomic E-state index is 13.4. The lowest BCUT2D eigenvalue weighted by Gasteiger charge is -2.16. The lowest BCUT2D eigenvalue weighted by Crippen LogP contribution is -2.25. The molecule has 0 aromatic heterocycles. The summed E-state index contributed by atoms with van der Waals surface area (Å²) in [5.41, 5.74) is 6.16. The molecule has 1 aliphatic rings. The number of anilines is 1. The van der Waals surface area contributed by atoms with Crippen molar-refractivity contribution in [2.45, 2.75) is 6.42 Å². The van der Waals surface area contributed by atoms with E-state index < -0.39 is 0 Å². The molecule has 1 unspecified atom stereocenters. The van der Waals surface area contributed by atoms with Crippen LogP contribution in [0.15, 0.2) is 18.2 Å². The first-order valence-corrected chi connectivity index (χ1v) is 6.15. The first-order valence-electron chi connectivity index (χ1n) is 5.07. The van der Waals surface area contributed by atoms with E-state index in [4.69, 9.17) is 5.73 Å². The number of nitrogens with zero attached hydrogens (tertiary/aromatic N) is 1. The van der Waals surface area contributed by atoms with Gasteiger partial charge in [0.1, 0.15) is 5.82 Å². The van der Waals surface area contributed by atoms with Gasteiger partial charge < -0.3 is 10.6 Å². The summed E-state index contributed by atoms with van der Waals surface area (Å²) in [4.78, 5) is 13.3. The predicted octanol–water partition coefficient (Wildman–Crippen LogP) is 1.74. The fourth-order valence-corrected chi connectivity index (χ4v) is 2.18. The Morgan fingerprint density at radius 1 is 1.56 bits per heavy atom. The molecule has 0 spiro atoms. The number of halogens is 2. The van der Waals surface area contributed by atoms with Crippen LogP contribution in [0, 0.1) is 15.3 Å². The van der Waals surface area contributed by atoms with Crippen LogP contribution in [-0.4, -0.2) is 19.0 Å². The summed E-state index contributed by atoms with van der Waals surface area (Å²) in [5.74, 6) is -0.0759. The minimum atomic E-state index is -0.290. The Bertz CT molecular complexity index is 424. The average Bonchev–Trinajstić information content (AvgIpc) is 2.64. The Morgan fingerprint density at radius 2 is 2.31 bits per heavy atom. The van der Waals surface area contributed by atoms with Crippen LogP contribution in [0.25, 0.3) is 0 Å². The molecule has 1 heterocycles. The van der Waals surface area contributed by atoms with Crippen molar-refractivity contribution in [3.05, 3.63) is 27.6 Å². The van der Waals surface area contributed by atoms with Gasteiger partial charge in [-0.2, -0.15) is 0 Å². The van der Waals surface area contributed by atoms with Crippen LogP contribution in [0.5, 0.6) is 0 Å². The maximum Gasteiger partial charge on any atom is 0.227 e. The molecule has 0 saturated carbocycles. The number of nitrogens with two attached hydrogens (primary N) is 1. The van der Waals surface area contributed by atoms with Crippen molar-refractivity contribution in [3.8, 4) is 0 Å². The van der Waals surface area contributed by atoms with E-state index in [1.807, 2.05) is 22.6 Å². The molecule has 86 valence electrons. The molecule has 2 rings (SSSR count). The van der Waals surface area contributed by atoms with Crippen molar-refractivity contribution in [3.63, 3.8) is 0 Å². The zero-order chi connectivity index (χ0) is 11.7. The number of hydrogen-bond acceptors (Lipinski definition) is 2. The fourth-order valence-electron chi connectivity index (χ4n) is 1.84. The van der Waals surface area contributed by atoms with Crippen LogP contribution in [0.3, 0.4) is 0 Å². The van der Waals surface area contributed by atoms with Crippen LogP contribution < -0.4 is 10.6 Å². The van der Waals surface area contributed by atoms with E-state index >= 15 is 0 Å². The summed E-state index contributed by atoms with van der Waals surface area (Å²) >= 11 is 1.92. The van der Waals surface area contributed by atoms with Gasteiger partial charge in [-0.1, -0.05) is 0 Å². The highest BCUT2D eigenvalue weighted by molar-refractivity contribution is 14.1. The highest BCUT2D eigenvalue weighted by atomic mass is 127. The third-order valence-electron chi connectivity index (χ3n) is 2.75. The minimum absolute atomic E-state index is 0.0241. The van der Waals surface area contributed by atoms with Crippen molar-refractivity contribution >= 4 is 34.2 Å². The van der Waals surface area contributed by atoms with E-state index in [1.54, 1.807) is 17.0 Å². The van der Waals surface area contributed by atoms with Gasteiger partial charge in [-0.15, -0.1) is 0 Å². The average molecular weight is 334 g/mol. The normalized spacial score (nSPS) is 20.6. The second kappa shape index (κ2) is 4.67. The molecule has 16 heavy (non-hydrogen) atoms. The monoisotopic (exact) mass is 334 g/mol. The molecule has 5 heteroatoms. The van der Waals surface area contributed by atoms with Crippen LogP contribution in [0.2, 0.25) is 0 Å². The summed E-state index contributed by atoms with van der Waals surface area (Å²) in [5, 5.41) is 0. The summed E-state index contributed by atoms with van der Waals surface area (Å²) < 4.78 is 13.9. The number of carbonyl (C=O) groups excluding carboxylic acids is 1. The lowest BCUT2D eigenvalue weighted by molar-refractivity contribution is -0.117. The highest BCUT2D eigenvalue weighted by Gasteiger charge is 2.29. The molecule has 2 N–H and O–H groups in total. The van der Waals surface area contributed by atoms with Gasteiger partial charge in [0, 0.05) is 22.2 Å². The Labute approximate surface area is 107 Å². The molecule has 1 fully saturated rings. The Morgan fingerprint density at radius 3 is 2.88 bits per heavy atom. The molecule has 1 aliphatic heterocycles. The number of carbonyl (C=O) groups is 1. The van der Waals surface area contributed by atoms with Gasteiger partial charge in [0.15, 0.2) is 0 Å². The Balaban J connectivity index is 2.24. The number of rotatable bonds is 2. The van der Waals surface area contributed by atoms with E-state index in [9.17, 15) is 9.18 Å². The quantitative estimate of drug-likeness (QED) is 0.838. The van der Waals surface area contributed by atoms with Gasteiger partial charge >= 0.3 is 0 Å². The van der Waals surface area contributed by atoms with Crippen molar-refractivity contribution in [2.75, 3.05) is 18.0 Å². The molecule has 1 amide bonds. The molecule has 0 radical (unpaired) electrons. The van der Waals surface area contributed by atoms with Crippen LogP contribution in [0.1, 0.15) is 6.42 Å². The predicted molar refractivity (Wildman–Crippen MR) is 68.6 cm³/mol. The van der Waals surface area contributed by atoms with Crippen molar-refractivity contribution in [1.82, 2.24) is 0 Å². The largest absolute Gasteiger partial charge is 0.330 e. The zero-order valence-corrected chi connectivity index (χ0v) is 10.8. The fraction of sp³-hybridized carbons (Fsp3) is 0.364. The summed E-state index contributed by atoms with van der Waals surface area (Å²) in [6.45, 7) is 1.09. The molecular formula is C11H12FIN2O. The third-order valence-corrected chi connectivity index (χ3v) is 3.63. The summed E-state index contributed by atoms with van der Waals surface area (Å²) in [7, 11) is 0. The number of hydrogen-bond donors (Lipinski definition) is 1. The van der Waals surface area contributed by atoms with Crippen molar-refractivity contribution < 1.29 is 9.18 Å². The van der Waals surface area contributed by atoms with E-state index in [0.29, 0.717) is 28.8 Å². The van der Waals surface area contributed by atoms with E-state index in [-0.39, 0.29) is 17.6 Å². The summed E-state index contributed by atoms with van der Waals surface area (Å²) in [6.07, 6.45) is 0.462. The van der Waals surface area contributed by atoms with E-state index in [1.165, 1.54) is 6.07 Å². The van der Waals surface area contributed by atoms with Gasteiger partial charge in [0.2, 0.25) is 5.91 Å². The number of amides is 1. The van der Waals surface area contributed by atoms with Gasteiger partial charge in [-0.05, 0) is 53.3 Å². The molecule has 1 saturated heterocycles. The smallest absolute Gasteiger partial charge is 0.227 e. The Kier molecular flexibility index (Phi) is 3.44.